The summed E-state index contributed by atoms with van der Waals surface area (Å²) in [7, 11) is 0. The third-order valence-corrected chi connectivity index (χ3v) is 1.85. The van der Waals surface area contributed by atoms with Crippen LogP contribution in [0.5, 0.6) is 0 Å². The van der Waals surface area contributed by atoms with E-state index in [4.69, 9.17) is 0 Å². The molecule has 1 heterocycles. The van der Waals surface area contributed by atoms with Crippen molar-refractivity contribution in [3.05, 3.63) is 22.1 Å². The fourth-order valence-electron chi connectivity index (χ4n) is 1.12. The quantitative estimate of drug-likeness (QED) is 0.730. The maximum Gasteiger partial charge on any atom is 0.266 e. The zero-order valence-electron chi connectivity index (χ0n) is 7.92. The fourth-order valence-corrected chi connectivity index (χ4v) is 1.12. The monoisotopic (exact) mass is 168 g/mol. The van der Waals surface area contributed by atoms with Crippen LogP contribution in [0, 0.1) is 12.8 Å². The van der Waals surface area contributed by atoms with Gasteiger partial charge in [-0.05, 0) is 19.3 Å². The van der Waals surface area contributed by atoms with Gasteiger partial charge in [0.1, 0.15) is 0 Å². The molecule has 1 aromatic rings. The fraction of sp³-hybridized carbons (Fsp3) is 0.667. The normalized spacial score (nSPS) is 11.0. The van der Waals surface area contributed by atoms with Gasteiger partial charge in [0.15, 0.2) is 0 Å². The zero-order chi connectivity index (χ0) is 9.14. The lowest BCUT2D eigenvalue weighted by molar-refractivity contribution is 0.477. The number of aryl methyl sites for hydroxylation is 2. The van der Waals surface area contributed by atoms with Crippen LogP contribution in [0.3, 0.4) is 0 Å². The second kappa shape index (κ2) is 3.61. The Kier molecular flexibility index (Phi) is 2.74. The topological polar surface area (TPSA) is 37.8 Å². The smallest absolute Gasteiger partial charge is 0.266 e. The molecular weight excluding hydrogens is 152 g/mol. The summed E-state index contributed by atoms with van der Waals surface area (Å²) in [5.41, 5.74) is 1.01. The van der Waals surface area contributed by atoms with E-state index in [1.165, 1.54) is 0 Å². The number of nitrogens with one attached hydrogen (secondary N) is 1. The van der Waals surface area contributed by atoms with Crippen molar-refractivity contribution in [2.75, 3.05) is 0 Å². The molecule has 1 N–H and O–H groups in total. The summed E-state index contributed by atoms with van der Waals surface area (Å²) in [6.45, 7) is 7.00. The molecule has 0 radical (unpaired) electrons. The van der Waals surface area contributed by atoms with Gasteiger partial charge in [-0.1, -0.05) is 13.8 Å². The number of aromatic nitrogens is 2. The molecule has 0 amide bonds. The Balaban J connectivity index is 2.63. The van der Waals surface area contributed by atoms with Gasteiger partial charge < -0.3 is 5.10 Å². The number of nitrogens with zero attached hydrogens (tertiary/aromatic N) is 1. The van der Waals surface area contributed by atoms with Crippen LogP contribution in [0.25, 0.3) is 0 Å². The molecule has 0 saturated heterocycles. The van der Waals surface area contributed by atoms with E-state index in [1.807, 2.05) is 6.92 Å². The van der Waals surface area contributed by atoms with Crippen LogP contribution in [0.4, 0.5) is 0 Å². The van der Waals surface area contributed by atoms with Crippen molar-refractivity contribution in [2.45, 2.75) is 33.7 Å². The number of aromatic amines is 1. The molecule has 3 heteroatoms. The summed E-state index contributed by atoms with van der Waals surface area (Å²) in [5, 5.41) is 3.00. The van der Waals surface area contributed by atoms with Gasteiger partial charge in [0, 0.05) is 18.3 Å². The molecule has 0 atom stereocenters. The first-order chi connectivity index (χ1) is 5.59. The Bertz CT molecular complexity index is 296. The number of hydrogen-bond acceptors (Lipinski definition) is 1. The van der Waals surface area contributed by atoms with Gasteiger partial charge in [0.05, 0.1) is 0 Å². The summed E-state index contributed by atoms with van der Waals surface area (Å²) >= 11 is 0. The summed E-state index contributed by atoms with van der Waals surface area (Å²) in [4.78, 5) is 11.2. The maximum absolute atomic E-state index is 11.2. The van der Waals surface area contributed by atoms with Crippen LogP contribution in [0.1, 0.15) is 26.0 Å². The summed E-state index contributed by atoms with van der Waals surface area (Å²) < 4.78 is 1.66. The van der Waals surface area contributed by atoms with E-state index in [-0.39, 0.29) is 5.56 Å². The van der Waals surface area contributed by atoms with Crippen molar-refractivity contribution in [3.8, 4) is 0 Å². The minimum atomic E-state index is 0.0770. The van der Waals surface area contributed by atoms with E-state index < -0.39 is 0 Å². The minimum absolute atomic E-state index is 0.0770. The van der Waals surface area contributed by atoms with E-state index >= 15 is 0 Å². The predicted octanol–water partition coefficient (Wildman–Crippen LogP) is 1.53. The Morgan fingerprint density at radius 3 is 2.67 bits per heavy atom. The molecule has 0 aliphatic heterocycles. The third kappa shape index (κ3) is 2.26. The molecule has 0 fully saturated rings. The maximum atomic E-state index is 11.2. The standard InChI is InChI=1S/C9H16N2O/c1-7(2)4-5-11-9(12)6-8(3)10-11/h6-7,10H,4-5H2,1-3H3. The molecular formula is C9H16N2O. The first-order valence-electron chi connectivity index (χ1n) is 4.36. The molecule has 3 nitrogen and oxygen atoms in total. The molecule has 0 saturated carbocycles. The molecule has 12 heavy (non-hydrogen) atoms. The third-order valence-electron chi connectivity index (χ3n) is 1.85. The van der Waals surface area contributed by atoms with Gasteiger partial charge in [-0.15, -0.1) is 0 Å². The van der Waals surface area contributed by atoms with E-state index in [0.717, 1.165) is 18.7 Å². The van der Waals surface area contributed by atoms with Gasteiger partial charge in [-0.25, -0.2) is 0 Å². The van der Waals surface area contributed by atoms with Gasteiger partial charge in [-0.3, -0.25) is 9.48 Å². The van der Waals surface area contributed by atoms with Crippen molar-refractivity contribution >= 4 is 0 Å². The molecule has 0 bridgehead atoms. The van der Waals surface area contributed by atoms with Crippen molar-refractivity contribution in [1.29, 1.82) is 0 Å². The number of hydrogen-bond donors (Lipinski definition) is 1. The van der Waals surface area contributed by atoms with Crippen LogP contribution < -0.4 is 5.56 Å². The van der Waals surface area contributed by atoms with Crippen molar-refractivity contribution in [1.82, 2.24) is 9.78 Å². The molecule has 1 rings (SSSR count). The van der Waals surface area contributed by atoms with E-state index in [2.05, 4.69) is 18.9 Å². The average molecular weight is 168 g/mol. The van der Waals surface area contributed by atoms with Gasteiger partial charge >= 0.3 is 0 Å². The van der Waals surface area contributed by atoms with E-state index in [0.29, 0.717) is 5.92 Å². The van der Waals surface area contributed by atoms with Crippen LogP contribution >= 0.6 is 0 Å². The molecule has 0 aliphatic rings. The second-order valence-electron chi connectivity index (χ2n) is 3.61. The average Bonchev–Trinajstić information content (AvgIpc) is 2.26. The van der Waals surface area contributed by atoms with Crippen LogP contribution in [-0.4, -0.2) is 9.78 Å². The first kappa shape index (κ1) is 9.10. The summed E-state index contributed by atoms with van der Waals surface area (Å²) in [5.74, 6) is 0.639. The molecule has 1 aromatic heterocycles. The first-order valence-corrected chi connectivity index (χ1v) is 4.36. The highest BCUT2D eigenvalue weighted by Gasteiger charge is 2.00. The molecule has 0 aliphatic carbocycles. The van der Waals surface area contributed by atoms with Crippen LogP contribution in [0.2, 0.25) is 0 Å². The Morgan fingerprint density at radius 2 is 2.25 bits per heavy atom. The van der Waals surface area contributed by atoms with Crippen molar-refractivity contribution in [3.63, 3.8) is 0 Å². The molecule has 0 unspecified atom stereocenters. The largest absolute Gasteiger partial charge is 0.300 e. The highest BCUT2D eigenvalue weighted by Crippen LogP contribution is 2.00. The van der Waals surface area contributed by atoms with Crippen molar-refractivity contribution < 1.29 is 0 Å². The lowest BCUT2D eigenvalue weighted by Crippen LogP contribution is -2.16. The summed E-state index contributed by atoms with van der Waals surface area (Å²) in [6.07, 6.45) is 1.04. The SMILES string of the molecule is Cc1cc(=O)n(CCC(C)C)[nH]1. The van der Waals surface area contributed by atoms with Gasteiger partial charge in [0.2, 0.25) is 0 Å². The minimum Gasteiger partial charge on any atom is -0.300 e. The molecule has 0 spiro atoms. The zero-order valence-corrected chi connectivity index (χ0v) is 7.92. The highest BCUT2D eigenvalue weighted by atomic mass is 16.1. The molecule has 68 valence electrons. The summed E-state index contributed by atoms with van der Waals surface area (Å²) in [6, 6.07) is 1.63. The molecule has 0 aromatic carbocycles. The predicted molar refractivity (Wildman–Crippen MR) is 49.2 cm³/mol. The highest BCUT2D eigenvalue weighted by molar-refractivity contribution is 4.95. The Morgan fingerprint density at radius 1 is 1.58 bits per heavy atom. The Hall–Kier alpha value is -0.990. The van der Waals surface area contributed by atoms with Crippen LogP contribution in [-0.2, 0) is 6.54 Å². The van der Waals surface area contributed by atoms with Gasteiger partial charge in [0.25, 0.3) is 5.56 Å². The van der Waals surface area contributed by atoms with Crippen LogP contribution in [0.15, 0.2) is 10.9 Å². The van der Waals surface area contributed by atoms with Crippen molar-refractivity contribution in [2.24, 2.45) is 5.92 Å². The van der Waals surface area contributed by atoms with E-state index in [1.54, 1.807) is 10.7 Å². The van der Waals surface area contributed by atoms with E-state index in [9.17, 15) is 4.79 Å². The number of H-pyrrole nitrogens is 1. The second-order valence-corrected chi connectivity index (χ2v) is 3.61. The van der Waals surface area contributed by atoms with Gasteiger partial charge in [-0.2, -0.15) is 0 Å². The lowest BCUT2D eigenvalue weighted by atomic mass is 10.1. The lowest BCUT2D eigenvalue weighted by Gasteiger charge is -2.04. The Labute approximate surface area is 72.4 Å². The number of rotatable bonds is 3.